The van der Waals surface area contributed by atoms with Gasteiger partial charge in [0.25, 0.3) is 0 Å². The molecule has 0 spiro atoms. The van der Waals surface area contributed by atoms with Crippen molar-refractivity contribution in [1.82, 2.24) is 10.2 Å². The molecule has 1 unspecified atom stereocenters. The molecule has 7 heteroatoms. The highest BCUT2D eigenvalue weighted by atomic mass is 19.1. The Morgan fingerprint density at radius 2 is 1.96 bits per heavy atom. The molecule has 1 atom stereocenters. The third-order valence-electron chi connectivity index (χ3n) is 4.36. The summed E-state index contributed by atoms with van der Waals surface area (Å²) in [5.74, 6) is 0.228. The topological polar surface area (TPSA) is 70.7 Å². The van der Waals surface area contributed by atoms with Crippen LogP contribution >= 0.6 is 0 Å². The summed E-state index contributed by atoms with van der Waals surface area (Å²) in [4.78, 5) is 26.8. The van der Waals surface area contributed by atoms with Gasteiger partial charge in [-0.3, -0.25) is 4.79 Å². The van der Waals surface area contributed by atoms with Crippen molar-refractivity contribution in [3.05, 3.63) is 59.9 Å². The molecule has 3 amide bonds. The van der Waals surface area contributed by atoms with Crippen molar-refractivity contribution in [2.24, 2.45) is 5.92 Å². The predicted molar refractivity (Wildman–Crippen MR) is 105 cm³/mol. The summed E-state index contributed by atoms with van der Waals surface area (Å²) in [7, 11) is 0. The van der Waals surface area contributed by atoms with Crippen molar-refractivity contribution in [2.75, 3.05) is 25.0 Å². The summed E-state index contributed by atoms with van der Waals surface area (Å²) in [6.07, 6.45) is 0. The zero-order valence-electron chi connectivity index (χ0n) is 15.9. The number of nitrogens with zero attached hydrogens (tertiary/aromatic N) is 1. The van der Waals surface area contributed by atoms with Gasteiger partial charge in [-0.2, -0.15) is 0 Å². The Bertz CT molecular complexity index is 839. The first-order valence-corrected chi connectivity index (χ1v) is 9.28. The Labute approximate surface area is 163 Å². The van der Waals surface area contributed by atoms with Gasteiger partial charge in [0.15, 0.2) is 0 Å². The Morgan fingerprint density at radius 3 is 2.68 bits per heavy atom. The summed E-state index contributed by atoms with van der Waals surface area (Å²) in [6, 6.07) is 11.5. The van der Waals surface area contributed by atoms with Crippen molar-refractivity contribution in [3.8, 4) is 5.75 Å². The Morgan fingerprint density at radius 1 is 1.25 bits per heavy atom. The number of urea groups is 1. The van der Waals surface area contributed by atoms with Gasteiger partial charge in [-0.05, 0) is 35.7 Å². The Balaban J connectivity index is 1.80. The molecule has 1 heterocycles. The number of hydrogen-bond acceptors (Lipinski definition) is 3. The minimum atomic E-state index is -0.821. The number of carbonyl (C=O) groups excluding carboxylic acids is 2. The van der Waals surface area contributed by atoms with Crippen molar-refractivity contribution in [3.63, 3.8) is 0 Å². The molecule has 0 bridgehead atoms. The van der Waals surface area contributed by atoms with Crippen LogP contribution in [0, 0.1) is 11.7 Å². The quantitative estimate of drug-likeness (QED) is 0.827. The molecule has 0 saturated carbocycles. The summed E-state index contributed by atoms with van der Waals surface area (Å²) >= 11 is 0. The van der Waals surface area contributed by atoms with E-state index in [0.717, 1.165) is 0 Å². The highest BCUT2D eigenvalue weighted by Crippen LogP contribution is 2.28. The van der Waals surface area contributed by atoms with Crippen molar-refractivity contribution in [1.29, 1.82) is 0 Å². The lowest BCUT2D eigenvalue weighted by molar-refractivity contribution is -0.127. The standard InChI is InChI=1S/C21H24FN3O3/c1-14(2)13-28-18-6-4-3-5-17(18)24-21(27)25-12-11-23-20(26)19(25)15-7-9-16(22)10-8-15/h3-10,14,19H,11-13H2,1-2H3,(H,23,26)(H,24,27). The molecule has 1 fully saturated rings. The normalized spacial score (nSPS) is 16.6. The Kier molecular flexibility index (Phi) is 6.13. The van der Waals surface area contributed by atoms with Crippen LogP contribution in [0.4, 0.5) is 14.9 Å². The lowest BCUT2D eigenvalue weighted by Gasteiger charge is -2.35. The third-order valence-corrected chi connectivity index (χ3v) is 4.36. The van der Waals surface area contributed by atoms with Crippen LogP contribution in [-0.2, 0) is 4.79 Å². The van der Waals surface area contributed by atoms with Gasteiger partial charge in [0.1, 0.15) is 17.6 Å². The molecule has 0 aliphatic carbocycles. The summed E-state index contributed by atoms with van der Waals surface area (Å²) in [5, 5.41) is 5.60. The second-order valence-electron chi connectivity index (χ2n) is 7.07. The maximum absolute atomic E-state index is 13.3. The average molecular weight is 385 g/mol. The molecular formula is C21H24FN3O3. The fourth-order valence-electron chi connectivity index (χ4n) is 3.00. The third kappa shape index (κ3) is 4.60. The minimum Gasteiger partial charge on any atom is -0.491 e. The molecule has 0 radical (unpaired) electrons. The molecular weight excluding hydrogens is 361 g/mol. The zero-order chi connectivity index (χ0) is 20.1. The maximum atomic E-state index is 13.3. The monoisotopic (exact) mass is 385 g/mol. The number of carbonyl (C=O) groups is 2. The largest absolute Gasteiger partial charge is 0.491 e. The van der Waals surface area contributed by atoms with E-state index in [-0.39, 0.29) is 5.91 Å². The van der Waals surface area contributed by atoms with E-state index in [1.165, 1.54) is 29.2 Å². The molecule has 1 aliphatic heterocycles. The first-order chi connectivity index (χ1) is 13.5. The fraction of sp³-hybridized carbons (Fsp3) is 0.333. The van der Waals surface area contributed by atoms with E-state index >= 15 is 0 Å². The van der Waals surface area contributed by atoms with Gasteiger partial charge in [-0.15, -0.1) is 0 Å². The lowest BCUT2D eigenvalue weighted by Crippen LogP contribution is -2.53. The molecule has 2 aromatic rings. The van der Waals surface area contributed by atoms with Gasteiger partial charge in [0, 0.05) is 13.1 Å². The maximum Gasteiger partial charge on any atom is 0.322 e. The summed E-state index contributed by atoms with van der Waals surface area (Å²) in [5.41, 5.74) is 1.09. The van der Waals surface area contributed by atoms with Gasteiger partial charge < -0.3 is 20.3 Å². The highest BCUT2D eigenvalue weighted by molar-refractivity contribution is 5.96. The van der Waals surface area contributed by atoms with E-state index in [9.17, 15) is 14.0 Å². The van der Waals surface area contributed by atoms with Crippen LogP contribution in [0.1, 0.15) is 25.5 Å². The summed E-state index contributed by atoms with van der Waals surface area (Å²) in [6.45, 7) is 5.31. The van der Waals surface area contributed by atoms with E-state index in [1.807, 2.05) is 19.9 Å². The van der Waals surface area contributed by atoms with Crippen LogP contribution in [-0.4, -0.2) is 36.5 Å². The van der Waals surface area contributed by atoms with Gasteiger partial charge >= 0.3 is 6.03 Å². The van der Waals surface area contributed by atoms with Gasteiger partial charge in [-0.1, -0.05) is 38.1 Å². The van der Waals surface area contributed by atoms with Crippen LogP contribution in [0.2, 0.25) is 0 Å². The molecule has 6 nitrogen and oxygen atoms in total. The van der Waals surface area contributed by atoms with Gasteiger partial charge in [-0.25, -0.2) is 9.18 Å². The highest BCUT2D eigenvalue weighted by Gasteiger charge is 2.34. The molecule has 2 N–H and O–H groups in total. The molecule has 2 aromatic carbocycles. The summed E-state index contributed by atoms with van der Waals surface area (Å²) < 4.78 is 19.0. The number of halogens is 1. The molecule has 1 saturated heterocycles. The zero-order valence-corrected chi connectivity index (χ0v) is 15.9. The number of benzene rings is 2. The predicted octanol–water partition coefficient (Wildman–Crippen LogP) is 3.57. The SMILES string of the molecule is CC(C)COc1ccccc1NC(=O)N1CCNC(=O)C1c1ccc(F)cc1. The van der Waals surface area contributed by atoms with E-state index in [4.69, 9.17) is 4.74 Å². The van der Waals surface area contributed by atoms with Crippen molar-refractivity contribution >= 4 is 17.6 Å². The van der Waals surface area contributed by atoms with Gasteiger partial charge in [0.05, 0.1) is 12.3 Å². The molecule has 148 valence electrons. The number of ether oxygens (including phenoxy) is 1. The van der Waals surface area contributed by atoms with Crippen LogP contribution < -0.4 is 15.4 Å². The number of para-hydroxylation sites is 2. The number of rotatable bonds is 5. The minimum absolute atomic E-state index is 0.294. The van der Waals surface area contributed by atoms with Crippen molar-refractivity contribution < 1.29 is 18.7 Å². The lowest BCUT2D eigenvalue weighted by atomic mass is 10.0. The number of nitrogens with one attached hydrogen (secondary N) is 2. The molecule has 3 rings (SSSR count). The number of amides is 3. The smallest absolute Gasteiger partial charge is 0.322 e. The van der Waals surface area contributed by atoms with Crippen LogP contribution in [0.5, 0.6) is 5.75 Å². The fourth-order valence-corrected chi connectivity index (χ4v) is 3.00. The second kappa shape index (κ2) is 8.73. The van der Waals surface area contributed by atoms with Crippen LogP contribution in [0.25, 0.3) is 0 Å². The molecule has 28 heavy (non-hydrogen) atoms. The van der Waals surface area contributed by atoms with Crippen molar-refractivity contribution in [2.45, 2.75) is 19.9 Å². The van der Waals surface area contributed by atoms with E-state index in [0.29, 0.717) is 42.6 Å². The van der Waals surface area contributed by atoms with Crippen LogP contribution in [0.3, 0.4) is 0 Å². The average Bonchev–Trinajstić information content (AvgIpc) is 2.68. The van der Waals surface area contributed by atoms with Gasteiger partial charge in [0.2, 0.25) is 5.91 Å². The molecule has 1 aliphatic rings. The van der Waals surface area contributed by atoms with E-state index < -0.39 is 17.9 Å². The number of piperazine rings is 1. The first kappa shape index (κ1) is 19.7. The second-order valence-corrected chi connectivity index (χ2v) is 7.07. The molecule has 0 aromatic heterocycles. The van der Waals surface area contributed by atoms with E-state index in [2.05, 4.69) is 10.6 Å². The number of hydrogen-bond donors (Lipinski definition) is 2. The first-order valence-electron chi connectivity index (χ1n) is 9.28. The van der Waals surface area contributed by atoms with E-state index in [1.54, 1.807) is 18.2 Å². The number of anilines is 1. The van der Waals surface area contributed by atoms with Crippen LogP contribution in [0.15, 0.2) is 48.5 Å². The Hall–Kier alpha value is -3.09.